The Kier molecular flexibility index (Phi) is 3.22. The lowest BCUT2D eigenvalue weighted by Crippen LogP contribution is -2.35. The van der Waals surface area contributed by atoms with E-state index >= 15 is 0 Å². The smallest absolute Gasteiger partial charge is 0.378 e. The second-order valence-corrected chi connectivity index (χ2v) is 1.23. The van der Waals surface area contributed by atoms with Crippen LogP contribution in [0.2, 0.25) is 0 Å². The van der Waals surface area contributed by atoms with Gasteiger partial charge < -0.3 is 15.5 Å². The first-order valence-corrected chi connectivity index (χ1v) is 1.99. The van der Waals surface area contributed by atoms with Gasteiger partial charge in [0, 0.05) is 0 Å². The van der Waals surface area contributed by atoms with Gasteiger partial charge in [-0.3, -0.25) is 4.79 Å². The van der Waals surface area contributed by atoms with Crippen molar-refractivity contribution in [1.82, 2.24) is 0 Å². The lowest BCUT2D eigenvalue weighted by molar-refractivity contribution is -0.136. The highest BCUT2D eigenvalue weighted by atomic mass is 16.5. The Morgan fingerprint density at radius 2 is 2.50 bits per heavy atom. The molecule has 0 saturated heterocycles. The van der Waals surface area contributed by atoms with Crippen LogP contribution in [-0.2, 0) is 9.45 Å². The summed E-state index contributed by atoms with van der Waals surface area (Å²) in [4.78, 5) is 10.1. The first-order chi connectivity index (χ1) is 3.72. The predicted molar refractivity (Wildman–Crippen MR) is 26.9 cm³/mol. The van der Waals surface area contributed by atoms with E-state index in [4.69, 9.17) is 10.8 Å². The van der Waals surface area contributed by atoms with Crippen LogP contribution in [0.15, 0.2) is 0 Å². The van der Waals surface area contributed by atoms with Crippen molar-refractivity contribution in [3.63, 3.8) is 0 Å². The van der Waals surface area contributed by atoms with Gasteiger partial charge in [0.25, 0.3) is 0 Å². The minimum Gasteiger partial charge on any atom is -0.542 e. The Labute approximate surface area is 48.1 Å². The average Bonchev–Trinajstić information content (AvgIpc) is 1.84. The molecule has 0 heterocycles. The quantitative estimate of drug-likeness (QED) is 0.405. The van der Waals surface area contributed by atoms with Gasteiger partial charge in [-0.05, 0) is 0 Å². The van der Waals surface area contributed by atoms with E-state index in [1.54, 1.807) is 0 Å². The molecule has 0 aromatic heterocycles. The average molecular weight is 115 g/mol. The summed E-state index contributed by atoms with van der Waals surface area (Å²) >= 11 is 0. The zero-order valence-electron chi connectivity index (χ0n) is 4.20. The van der Waals surface area contributed by atoms with Crippen molar-refractivity contribution < 1.29 is 14.6 Å². The van der Waals surface area contributed by atoms with Crippen molar-refractivity contribution in [2.75, 3.05) is 6.61 Å². The summed E-state index contributed by atoms with van der Waals surface area (Å²) in [5, 5.41) is 8.15. The maximum Gasteiger partial charge on any atom is 0.378 e. The van der Waals surface area contributed by atoms with Crippen molar-refractivity contribution in [2.45, 2.75) is 6.04 Å². The molecule has 44 valence electrons. The lowest BCUT2D eigenvalue weighted by Gasteiger charge is -2.03. The molecule has 0 rings (SSSR count). The van der Waals surface area contributed by atoms with E-state index in [1.807, 2.05) is 0 Å². The summed E-state index contributed by atoms with van der Waals surface area (Å²) < 4.78 is 3.68. The highest BCUT2D eigenvalue weighted by Gasteiger charge is 2.09. The first-order valence-electron chi connectivity index (χ1n) is 1.99. The first kappa shape index (κ1) is 7.45. The van der Waals surface area contributed by atoms with Crippen LogP contribution in [0.1, 0.15) is 0 Å². The van der Waals surface area contributed by atoms with Gasteiger partial charge in [-0.25, -0.2) is 0 Å². The van der Waals surface area contributed by atoms with Gasteiger partial charge >= 0.3 is 14.0 Å². The number of rotatable bonds is 2. The van der Waals surface area contributed by atoms with Gasteiger partial charge in [0.05, 0.1) is 6.61 Å². The second-order valence-electron chi connectivity index (χ2n) is 1.23. The summed E-state index contributed by atoms with van der Waals surface area (Å²) in [6, 6.07) is -1.01. The molecule has 0 saturated carbocycles. The number of aliphatic hydroxyl groups is 1. The summed E-state index contributed by atoms with van der Waals surface area (Å²) in [6.07, 6.45) is 0. The van der Waals surface area contributed by atoms with Crippen molar-refractivity contribution >= 4 is 14.0 Å². The Balaban J connectivity index is 3.46. The summed E-state index contributed by atoms with van der Waals surface area (Å²) in [7, 11) is 4.41. The van der Waals surface area contributed by atoms with Crippen LogP contribution in [-0.4, -0.2) is 31.8 Å². The fraction of sp³-hybridized carbons (Fsp3) is 0.667. The Morgan fingerprint density at radius 3 is 2.62 bits per heavy atom. The van der Waals surface area contributed by atoms with Gasteiger partial charge in [-0.15, -0.1) is 0 Å². The Hall–Kier alpha value is -0.545. The van der Waals surface area contributed by atoms with Gasteiger partial charge in [-0.2, -0.15) is 0 Å². The van der Waals surface area contributed by atoms with Gasteiger partial charge in [-0.1, -0.05) is 0 Å². The van der Waals surface area contributed by atoms with E-state index in [-0.39, 0.29) is 0 Å². The normalized spacial score (nSPS) is 12.8. The van der Waals surface area contributed by atoms with Crippen LogP contribution >= 0.6 is 0 Å². The van der Waals surface area contributed by atoms with E-state index in [9.17, 15) is 4.79 Å². The molecule has 5 heteroatoms. The third-order valence-corrected chi connectivity index (χ3v) is 0.616. The maximum atomic E-state index is 10.1. The van der Waals surface area contributed by atoms with E-state index in [0.29, 0.717) is 0 Å². The molecule has 0 amide bonds. The third-order valence-electron chi connectivity index (χ3n) is 0.616. The van der Waals surface area contributed by atoms with Crippen LogP contribution < -0.4 is 5.73 Å². The lowest BCUT2D eigenvalue weighted by atomic mass is 10.3. The number of hydrogen-bond donors (Lipinski definition) is 2. The fourth-order valence-electron chi connectivity index (χ4n) is 0.162. The molecule has 0 aromatic rings. The molecule has 0 unspecified atom stereocenters. The minimum atomic E-state index is -1.01. The highest BCUT2D eigenvalue weighted by molar-refractivity contribution is 6.06. The third kappa shape index (κ3) is 1.95. The second kappa shape index (κ2) is 3.46. The number of carbonyl (C=O) groups is 1. The molecule has 3 N–H and O–H groups in total. The van der Waals surface area contributed by atoms with Gasteiger partial charge in [0.2, 0.25) is 0 Å². The van der Waals surface area contributed by atoms with Crippen LogP contribution in [0.4, 0.5) is 0 Å². The van der Waals surface area contributed by atoms with Crippen LogP contribution in [0, 0.1) is 0 Å². The van der Waals surface area contributed by atoms with E-state index in [2.05, 4.69) is 12.7 Å². The molecule has 0 aliphatic carbocycles. The van der Waals surface area contributed by atoms with Crippen LogP contribution in [0.3, 0.4) is 0 Å². The molecule has 1 atom stereocenters. The number of aliphatic hydroxyl groups excluding tert-OH is 1. The van der Waals surface area contributed by atoms with E-state index in [1.165, 1.54) is 0 Å². The van der Waals surface area contributed by atoms with Crippen molar-refractivity contribution in [3.8, 4) is 0 Å². The molecule has 0 spiro atoms. The standard InChI is InChI=1S/C3H6BNO3/c4-8-3(7)2(5)1-6/h2,6H,1,5H2/t2-/m0/s1. The molecule has 2 radical (unpaired) electrons. The molecule has 4 nitrogen and oxygen atoms in total. The summed E-state index contributed by atoms with van der Waals surface area (Å²) in [5.41, 5.74) is 4.92. The van der Waals surface area contributed by atoms with Gasteiger partial charge in [0.1, 0.15) is 6.04 Å². The van der Waals surface area contributed by atoms with E-state index in [0.717, 1.165) is 0 Å². The van der Waals surface area contributed by atoms with Crippen LogP contribution in [0.5, 0.6) is 0 Å². The molecule has 8 heavy (non-hydrogen) atoms. The molecule has 0 aliphatic rings. The molecule has 0 bridgehead atoms. The summed E-state index contributed by atoms with van der Waals surface area (Å²) in [6.45, 7) is -0.448. The predicted octanol–water partition coefficient (Wildman–Crippen LogP) is -2.07. The molecular formula is C3H6BNO3. The number of carbonyl (C=O) groups excluding carboxylic acids is 1. The van der Waals surface area contributed by atoms with Crippen molar-refractivity contribution in [1.29, 1.82) is 0 Å². The number of hydrogen-bond acceptors (Lipinski definition) is 4. The topological polar surface area (TPSA) is 72.5 Å². The van der Waals surface area contributed by atoms with Crippen molar-refractivity contribution in [2.24, 2.45) is 5.73 Å². The van der Waals surface area contributed by atoms with E-state index < -0.39 is 18.6 Å². The zero-order valence-corrected chi connectivity index (χ0v) is 4.20. The highest BCUT2D eigenvalue weighted by Crippen LogP contribution is 1.77. The fourth-order valence-corrected chi connectivity index (χ4v) is 0.162. The maximum absolute atomic E-state index is 10.1. The molecular weight excluding hydrogens is 109 g/mol. The largest absolute Gasteiger partial charge is 0.542 e. The molecule has 0 aromatic carbocycles. The Bertz CT molecular complexity index is 86.6. The monoisotopic (exact) mass is 115 g/mol. The zero-order chi connectivity index (χ0) is 6.57. The SMILES string of the molecule is [B]OC(=O)[C@@H](N)CO. The molecule has 0 fully saturated rings. The van der Waals surface area contributed by atoms with Crippen molar-refractivity contribution in [3.05, 3.63) is 0 Å². The Morgan fingerprint density at radius 1 is 2.00 bits per heavy atom. The van der Waals surface area contributed by atoms with Crippen LogP contribution in [0.25, 0.3) is 0 Å². The minimum absolute atomic E-state index is 0.448. The summed E-state index contributed by atoms with van der Waals surface area (Å²) in [5.74, 6) is -0.812. The molecule has 0 aliphatic heterocycles. The number of nitrogens with two attached hydrogens (primary N) is 1. The van der Waals surface area contributed by atoms with Gasteiger partial charge in [0.15, 0.2) is 0 Å².